The SMILES string of the molecule is CC1(C)Oc2c(COc3ccccc3F)cc(Cl)cc2C1O. The molecule has 1 N–H and O–H groups in total. The van der Waals surface area contributed by atoms with Crippen molar-refractivity contribution in [3.63, 3.8) is 0 Å². The van der Waals surface area contributed by atoms with Crippen molar-refractivity contribution in [3.05, 3.63) is 58.4 Å². The van der Waals surface area contributed by atoms with Crippen molar-refractivity contribution < 1.29 is 19.0 Å². The van der Waals surface area contributed by atoms with Gasteiger partial charge < -0.3 is 14.6 Å². The molecule has 0 spiro atoms. The monoisotopic (exact) mass is 322 g/mol. The lowest BCUT2D eigenvalue weighted by Gasteiger charge is -2.22. The minimum absolute atomic E-state index is 0.104. The zero-order chi connectivity index (χ0) is 15.9. The van der Waals surface area contributed by atoms with E-state index in [4.69, 9.17) is 21.1 Å². The molecule has 1 heterocycles. The van der Waals surface area contributed by atoms with Crippen LogP contribution in [0.5, 0.6) is 11.5 Å². The Balaban J connectivity index is 1.90. The molecule has 3 rings (SSSR count). The second-order valence-corrected chi connectivity index (χ2v) is 6.25. The largest absolute Gasteiger partial charge is 0.486 e. The molecule has 1 aliphatic rings. The van der Waals surface area contributed by atoms with Crippen LogP contribution in [-0.2, 0) is 6.61 Å². The van der Waals surface area contributed by atoms with Gasteiger partial charge in [-0.25, -0.2) is 4.39 Å². The van der Waals surface area contributed by atoms with Crippen LogP contribution in [0.25, 0.3) is 0 Å². The quantitative estimate of drug-likeness (QED) is 0.917. The summed E-state index contributed by atoms with van der Waals surface area (Å²) in [5, 5.41) is 10.8. The Morgan fingerprint density at radius 3 is 2.77 bits per heavy atom. The fourth-order valence-corrected chi connectivity index (χ4v) is 2.77. The number of aliphatic hydroxyl groups is 1. The zero-order valence-electron chi connectivity index (χ0n) is 12.3. The third-order valence-corrected chi connectivity index (χ3v) is 3.92. The van der Waals surface area contributed by atoms with Crippen molar-refractivity contribution in [2.75, 3.05) is 0 Å². The van der Waals surface area contributed by atoms with Crippen LogP contribution in [0.15, 0.2) is 36.4 Å². The van der Waals surface area contributed by atoms with Crippen LogP contribution >= 0.6 is 11.6 Å². The maximum atomic E-state index is 13.6. The number of hydrogen-bond donors (Lipinski definition) is 1. The molecule has 0 bridgehead atoms. The highest BCUT2D eigenvalue weighted by Crippen LogP contribution is 2.46. The van der Waals surface area contributed by atoms with E-state index in [0.29, 0.717) is 21.9 Å². The van der Waals surface area contributed by atoms with Gasteiger partial charge in [0, 0.05) is 16.1 Å². The number of aliphatic hydroxyl groups excluding tert-OH is 1. The number of para-hydroxylation sites is 1. The molecule has 1 atom stereocenters. The molecule has 2 aromatic carbocycles. The normalized spacial score (nSPS) is 18.7. The zero-order valence-corrected chi connectivity index (χ0v) is 13.0. The van der Waals surface area contributed by atoms with E-state index in [1.54, 1.807) is 44.2 Å². The third kappa shape index (κ3) is 2.64. The summed E-state index contributed by atoms with van der Waals surface area (Å²) in [6.45, 7) is 3.70. The molecule has 0 aromatic heterocycles. The van der Waals surface area contributed by atoms with Crippen LogP contribution in [-0.4, -0.2) is 10.7 Å². The molecule has 0 radical (unpaired) electrons. The van der Waals surface area contributed by atoms with Gasteiger partial charge in [0.15, 0.2) is 11.6 Å². The van der Waals surface area contributed by atoms with Gasteiger partial charge in [0.25, 0.3) is 0 Å². The Morgan fingerprint density at radius 2 is 2.05 bits per heavy atom. The first-order chi connectivity index (χ1) is 10.4. The van der Waals surface area contributed by atoms with Crippen molar-refractivity contribution in [2.24, 2.45) is 0 Å². The van der Waals surface area contributed by atoms with Gasteiger partial charge in [0.05, 0.1) is 0 Å². The molecular formula is C17H16ClFO3. The highest BCUT2D eigenvalue weighted by atomic mass is 35.5. The summed E-state index contributed by atoms with van der Waals surface area (Å²) in [5.41, 5.74) is 0.569. The molecule has 3 nitrogen and oxygen atoms in total. The van der Waals surface area contributed by atoms with Gasteiger partial charge in [-0.1, -0.05) is 23.7 Å². The molecule has 0 amide bonds. The Morgan fingerprint density at radius 1 is 1.32 bits per heavy atom. The highest BCUT2D eigenvalue weighted by molar-refractivity contribution is 6.30. The lowest BCUT2D eigenvalue weighted by Crippen LogP contribution is -2.30. The maximum absolute atomic E-state index is 13.6. The molecule has 2 aromatic rings. The fourth-order valence-electron chi connectivity index (χ4n) is 2.52. The number of ether oxygens (including phenoxy) is 2. The molecule has 1 unspecified atom stereocenters. The van der Waals surface area contributed by atoms with Crippen molar-refractivity contribution in [1.29, 1.82) is 0 Å². The van der Waals surface area contributed by atoms with Crippen LogP contribution in [0.3, 0.4) is 0 Å². The molecule has 0 fully saturated rings. The Bertz CT molecular complexity index is 715. The van der Waals surface area contributed by atoms with Crippen molar-refractivity contribution in [3.8, 4) is 11.5 Å². The maximum Gasteiger partial charge on any atom is 0.165 e. The molecule has 5 heteroatoms. The molecule has 0 aliphatic carbocycles. The van der Waals surface area contributed by atoms with Gasteiger partial charge in [-0.15, -0.1) is 0 Å². The first-order valence-corrected chi connectivity index (χ1v) is 7.33. The van der Waals surface area contributed by atoms with E-state index in [-0.39, 0.29) is 12.4 Å². The summed E-state index contributed by atoms with van der Waals surface area (Å²) in [7, 11) is 0. The lowest BCUT2D eigenvalue weighted by molar-refractivity contribution is -0.0000643. The van der Waals surface area contributed by atoms with E-state index in [9.17, 15) is 9.50 Å². The van der Waals surface area contributed by atoms with E-state index in [0.717, 1.165) is 0 Å². The van der Waals surface area contributed by atoms with Crippen molar-refractivity contribution in [2.45, 2.75) is 32.2 Å². The second-order valence-electron chi connectivity index (χ2n) is 5.81. The minimum atomic E-state index is -0.770. The number of benzene rings is 2. The van der Waals surface area contributed by atoms with Gasteiger partial charge in [0.2, 0.25) is 0 Å². The predicted molar refractivity (Wildman–Crippen MR) is 81.9 cm³/mol. The van der Waals surface area contributed by atoms with Crippen LogP contribution in [0, 0.1) is 5.82 Å². The van der Waals surface area contributed by atoms with Crippen LogP contribution in [0.2, 0.25) is 5.02 Å². The average molecular weight is 323 g/mol. The third-order valence-electron chi connectivity index (χ3n) is 3.70. The average Bonchev–Trinajstić information content (AvgIpc) is 2.69. The highest BCUT2D eigenvalue weighted by Gasteiger charge is 2.41. The summed E-state index contributed by atoms with van der Waals surface area (Å²) < 4.78 is 24.9. The smallest absolute Gasteiger partial charge is 0.165 e. The Hall–Kier alpha value is -1.78. The predicted octanol–water partition coefficient (Wildman–Crippen LogP) is 4.26. The summed E-state index contributed by atoms with van der Waals surface area (Å²) in [4.78, 5) is 0. The topological polar surface area (TPSA) is 38.7 Å². The van der Waals surface area contributed by atoms with Crippen LogP contribution in [0.1, 0.15) is 31.1 Å². The van der Waals surface area contributed by atoms with Gasteiger partial charge in [-0.3, -0.25) is 0 Å². The number of hydrogen-bond acceptors (Lipinski definition) is 3. The fraction of sp³-hybridized carbons (Fsp3) is 0.294. The van der Waals surface area contributed by atoms with Crippen molar-refractivity contribution in [1.82, 2.24) is 0 Å². The first-order valence-electron chi connectivity index (χ1n) is 6.95. The van der Waals surface area contributed by atoms with E-state index in [1.165, 1.54) is 6.07 Å². The van der Waals surface area contributed by atoms with E-state index < -0.39 is 17.5 Å². The van der Waals surface area contributed by atoms with Crippen LogP contribution in [0.4, 0.5) is 4.39 Å². The summed E-state index contributed by atoms with van der Waals surface area (Å²) in [6, 6.07) is 9.57. The molecular weight excluding hydrogens is 307 g/mol. The molecule has 116 valence electrons. The number of rotatable bonds is 3. The van der Waals surface area contributed by atoms with Gasteiger partial charge in [-0.05, 0) is 38.1 Å². The van der Waals surface area contributed by atoms with Gasteiger partial charge in [0.1, 0.15) is 24.1 Å². The minimum Gasteiger partial charge on any atom is -0.486 e. The second kappa shape index (κ2) is 5.45. The van der Waals surface area contributed by atoms with Gasteiger partial charge >= 0.3 is 0 Å². The lowest BCUT2D eigenvalue weighted by atomic mass is 9.97. The summed E-state index contributed by atoms with van der Waals surface area (Å²) in [5.74, 6) is 0.287. The number of halogens is 2. The first kappa shape index (κ1) is 15.1. The van der Waals surface area contributed by atoms with Crippen LogP contribution < -0.4 is 9.47 Å². The summed E-state index contributed by atoms with van der Waals surface area (Å²) >= 11 is 6.10. The Labute approximate surface area is 133 Å². The van der Waals surface area contributed by atoms with E-state index in [2.05, 4.69) is 0 Å². The van der Waals surface area contributed by atoms with E-state index in [1.807, 2.05) is 0 Å². The summed E-state index contributed by atoms with van der Waals surface area (Å²) in [6.07, 6.45) is -0.770. The van der Waals surface area contributed by atoms with Crippen molar-refractivity contribution >= 4 is 11.6 Å². The van der Waals surface area contributed by atoms with E-state index >= 15 is 0 Å². The molecule has 0 saturated carbocycles. The molecule has 0 saturated heterocycles. The number of fused-ring (bicyclic) bond motifs is 1. The Kier molecular flexibility index (Phi) is 3.75. The molecule has 1 aliphatic heterocycles. The molecule has 22 heavy (non-hydrogen) atoms. The standard InChI is InChI=1S/C17H16ClFO3/c1-17(2)16(20)12-8-11(18)7-10(15(12)22-17)9-21-14-6-4-3-5-13(14)19/h3-8,16,20H,9H2,1-2H3. The van der Waals surface area contributed by atoms with Gasteiger partial charge in [-0.2, -0.15) is 0 Å².